The third kappa shape index (κ3) is 44.2. The van der Waals surface area contributed by atoms with Gasteiger partial charge in [0.05, 0.1) is 38.6 Å². The van der Waals surface area contributed by atoms with E-state index in [-0.39, 0.29) is 18.9 Å². The molecule has 12 N–H and O–H groups in total. The van der Waals surface area contributed by atoms with Crippen LogP contribution in [0.4, 0.5) is 0 Å². The average Bonchev–Trinajstić information content (AvgIpc) is 0.783. The first-order valence-electron chi connectivity index (χ1n) is 42.2. The normalized spacial score (nSPS) is 26.3. The molecule has 0 bridgehead atoms. The summed E-state index contributed by atoms with van der Waals surface area (Å²) in [5, 5.41) is 121. The SMILES string of the molecule is CC/C=C\C/C=C\C/C=C\C/C=C\C/C=C\CCCCCCCCCCCCCCCCCCCCCCCCCC(=O)NC(COC1OC(CO)C(OC2OC(CO)C(OC3OC(CO)C(O)C(O)C3O)C(O)C2O)C(O)C1O)C(O)/C=C/CCCCCCCCCCCCCCCCCCCC. The molecule has 0 aromatic rings. The topological polar surface area (TPSA) is 307 Å². The fraction of sp³-hybridized carbons (Fsp3) is 0.847. The summed E-state index contributed by atoms with van der Waals surface area (Å²) in [5.41, 5.74) is 0. The summed E-state index contributed by atoms with van der Waals surface area (Å²) in [5.74, 6) is -0.270. The molecule has 3 aliphatic rings. The van der Waals surface area contributed by atoms with E-state index < -0.39 is 124 Å². The molecule has 19 nitrogen and oxygen atoms in total. The number of hydrogen-bond donors (Lipinski definition) is 12. The van der Waals surface area contributed by atoms with Crippen molar-refractivity contribution in [3.63, 3.8) is 0 Å². The number of amides is 1. The van der Waals surface area contributed by atoms with Gasteiger partial charge in [0.25, 0.3) is 0 Å². The number of aliphatic hydroxyl groups excluding tert-OH is 11. The lowest BCUT2D eigenvalue weighted by molar-refractivity contribution is -0.379. The van der Waals surface area contributed by atoms with Crippen molar-refractivity contribution in [3.8, 4) is 0 Å². The monoisotopic (exact) mass is 1480 g/mol. The lowest BCUT2D eigenvalue weighted by Crippen LogP contribution is -2.66. The van der Waals surface area contributed by atoms with Crippen LogP contribution in [0.25, 0.3) is 0 Å². The van der Waals surface area contributed by atoms with E-state index in [0.29, 0.717) is 6.42 Å². The number of unbranched alkanes of at least 4 members (excludes halogenated alkanes) is 41. The van der Waals surface area contributed by atoms with Gasteiger partial charge >= 0.3 is 0 Å². The first-order valence-corrected chi connectivity index (χ1v) is 42.2. The van der Waals surface area contributed by atoms with E-state index in [2.05, 4.69) is 79.9 Å². The Bertz CT molecular complexity index is 2160. The summed E-state index contributed by atoms with van der Waals surface area (Å²) in [6.45, 7) is 1.66. The van der Waals surface area contributed by atoms with E-state index >= 15 is 0 Å². The summed E-state index contributed by atoms with van der Waals surface area (Å²) in [6, 6.07) is -0.974. The molecule has 3 aliphatic heterocycles. The van der Waals surface area contributed by atoms with E-state index in [4.69, 9.17) is 28.4 Å². The maximum atomic E-state index is 13.5. The van der Waals surface area contributed by atoms with Crippen molar-refractivity contribution >= 4 is 5.91 Å². The summed E-state index contributed by atoms with van der Waals surface area (Å²) in [6.07, 6.45) is 59.0. The molecule has 0 aliphatic carbocycles. The minimum absolute atomic E-state index is 0.245. The van der Waals surface area contributed by atoms with Crippen LogP contribution in [0.5, 0.6) is 0 Å². The number of carbonyl (C=O) groups is 1. The van der Waals surface area contributed by atoms with Gasteiger partial charge in [0.1, 0.15) is 73.2 Å². The highest BCUT2D eigenvalue weighted by Crippen LogP contribution is 2.33. The Labute approximate surface area is 629 Å². The van der Waals surface area contributed by atoms with Gasteiger partial charge in [0, 0.05) is 6.42 Å². The molecular weight excluding hydrogens is 1320 g/mol. The quantitative estimate of drug-likeness (QED) is 0.0199. The molecule has 3 fully saturated rings. The Morgan fingerprint density at radius 1 is 0.356 bits per heavy atom. The van der Waals surface area contributed by atoms with Crippen molar-refractivity contribution in [2.45, 2.75) is 433 Å². The van der Waals surface area contributed by atoms with Crippen LogP contribution in [0.2, 0.25) is 0 Å². The molecule has 17 atom stereocenters. The molecule has 0 saturated carbocycles. The van der Waals surface area contributed by atoms with Crippen LogP contribution in [-0.4, -0.2) is 193 Å². The largest absolute Gasteiger partial charge is 0.394 e. The highest BCUT2D eigenvalue weighted by atomic mass is 16.8. The van der Waals surface area contributed by atoms with Gasteiger partial charge in [-0.05, 0) is 64.2 Å². The van der Waals surface area contributed by atoms with Gasteiger partial charge in [-0.2, -0.15) is 0 Å². The van der Waals surface area contributed by atoms with Crippen LogP contribution in [-0.2, 0) is 33.2 Å². The van der Waals surface area contributed by atoms with E-state index in [0.717, 1.165) is 77.0 Å². The number of carbonyl (C=O) groups excluding carboxylic acids is 1. The predicted octanol–water partition coefficient (Wildman–Crippen LogP) is 14.8. The van der Waals surface area contributed by atoms with Crippen LogP contribution in [0.3, 0.4) is 0 Å². The van der Waals surface area contributed by atoms with Gasteiger partial charge < -0.3 is 89.9 Å². The zero-order valence-electron chi connectivity index (χ0n) is 65.0. The van der Waals surface area contributed by atoms with Crippen molar-refractivity contribution in [1.29, 1.82) is 0 Å². The van der Waals surface area contributed by atoms with Gasteiger partial charge in [-0.25, -0.2) is 0 Å². The lowest BCUT2D eigenvalue weighted by Gasteiger charge is -2.48. The minimum Gasteiger partial charge on any atom is -0.394 e. The Balaban J connectivity index is 1.31. The molecule has 0 radical (unpaired) electrons. The maximum Gasteiger partial charge on any atom is 0.220 e. The molecular formula is C85H153NO18. The van der Waals surface area contributed by atoms with Crippen molar-refractivity contribution < 1.29 is 89.4 Å². The summed E-state index contributed by atoms with van der Waals surface area (Å²) < 4.78 is 34.5. The molecule has 3 heterocycles. The van der Waals surface area contributed by atoms with Crippen molar-refractivity contribution in [2.75, 3.05) is 26.4 Å². The van der Waals surface area contributed by atoms with Gasteiger partial charge in [-0.1, -0.05) is 331 Å². The molecule has 19 heteroatoms. The molecule has 3 rings (SSSR count). The number of rotatable bonds is 67. The minimum atomic E-state index is -1.98. The molecule has 0 spiro atoms. The van der Waals surface area contributed by atoms with Gasteiger partial charge in [-0.15, -0.1) is 0 Å². The van der Waals surface area contributed by atoms with Gasteiger partial charge in [0.15, 0.2) is 18.9 Å². The van der Waals surface area contributed by atoms with Crippen LogP contribution >= 0.6 is 0 Å². The summed E-state index contributed by atoms with van der Waals surface area (Å²) in [7, 11) is 0. The first-order chi connectivity index (χ1) is 50.8. The average molecular weight is 1480 g/mol. The van der Waals surface area contributed by atoms with Crippen molar-refractivity contribution in [1.82, 2.24) is 5.32 Å². The third-order valence-electron chi connectivity index (χ3n) is 20.8. The molecule has 17 unspecified atom stereocenters. The molecule has 606 valence electrons. The molecule has 104 heavy (non-hydrogen) atoms. The number of allylic oxidation sites excluding steroid dienone is 11. The Hall–Kier alpha value is -2.77. The number of nitrogens with one attached hydrogen (secondary N) is 1. The molecule has 3 saturated heterocycles. The number of aliphatic hydroxyl groups is 11. The first kappa shape index (κ1) is 95.4. The van der Waals surface area contributed by atoms with Crippen LogP contribution in [0.1, 0.15) is 328 Å². The van der Waals surface area contributed by atoms with Gasteiger partial charge in [0.2, 0.25) is 5.91 Å². The lowest BCUT2D eigenvalue weighted by atomic mass is 9.96. The highest BCUT2D eigenvalue weighted by molar-refractivity contribution is 5.76. The molecule has 1 amide bonds. The standard InChI is InChI=1S/C85H153NO18/c1-3-5-7-9-11-13-15-17-19-21-23-25-26-27-28-29-30-31-32-33-34-35-36-37-38-39-40-41-42-43-45-47-49-51-53-55-57-59-61-63-73(91)86-68(69(90)62-60-58-56-54-52-50-48-46-44-24-22-20-18-16-14-12-10-8-6-4-2)67-99-83-79(97)76(94)81(71(65-88)101-83)104-85-80(98)77(95)82(72(66-89)102-85)103-84-78(96)75(93)74(92)70(64-87)100-84/h5,7,11,13,17,19,23,25,27-28,60,62,68-72,74-85,87-90,92-98H,3-4,6,8-10,12,14-16,18,20-22,24,26,29-59,61,63-67H2,1-2H3,(H,86,91)/b7-5-,13-11-,19-17-,25-23-,28-27-,62-60+. The van der Waals surface area contributed by atoms with Crippen molar-refractivity contribution in [2.24, 2.45) is 0 Å². The summed E-state index contributed by atoms with van der Waals surface area (Å²) >= 11 is 0. The second-order valence-corrected chi connectivity index (χ2v) is 29.9. The van der Waals surface area contributed by atoms with E-state index in [9.17, 15) is 61.0 Å². The Kier molecular flexibility index (Phi) is 59.6. The zero-order chi connectivity index (χ0) is 75.3. The van der Waals surface area contributed by atoms with Gasteiger partial charge in [-0.3, -0.25) is 4.79 Å². The number of hydrogen-bond acceptors (Lipinski definition) is 18. The molecule has 0 aromatic carbocycles. The maximum absolute atomic E-state index is 13.5. The fourth-order valence-electron chi connectivity index (χ4n) is 14.0. The Morgan fingerprint density at radius 2 is 0.663 bits per heavy atom. The number of ether oxygens (including phenoxy) is 6. The smallest absolute Gasteiger partial charge is 0.220 e. The van der Waals surface area contributed by atoms with E-state index in [1.54, 1.807) is 6.08 Å². The van der Waals surface area contributed by atoms with Crippen molar-refractivity contribution in [3.05, 3.63) is 72.9 Å². The summed E-state index contributed by atoms with van der Waals surface area (Å²) in [4.78, 5) is 13.5. The second-order valence-electron chi connectivity index (χ2n) is 29.9. The third-order valence-corrected chi connectivity index (χ3v) is 20.8. The van der Waals surface area contributed by atoms with Crippen LogP contribution < -0.4 is 5.32 Å². The van der Waals surface area contributed by atoms with E-state index in [1.807, 2.05) is 6.08 Å². The molecule has 0 aromatic heterocycles. The van der Waals surface area contributed by atoms with Crippen LogP contribution in [0, 0.1) is 0 Å². The predicted molar refractivity (Wildman–Crippen MR) is 415 cm³/mol. The zero-order valence-corrected chi connectivity index (χ0v) is 65.0. The van der Waals surface area contributed by atoms with E-state index in [1.165, 1.54) is 225 Å². The second kappa shape index (κ2) is 65.0. The fourth-order valence-corrected chi connectivity index (χ4v) is 14.0. The Morgan fingerprint density at radius 3 is 1.04 bits per heavy atom. The highest BCUT2D eigenvalue weighted by Gasteiger charge is 2.54. The van der Waals surface area contributed by atoms with Crippen LogP contribution in [0.15, 0.2) is 72.9 Å².